The maximum atomic E-state index is 14.2. The molecule has 0 aliphatic carbocycles. The maximum Gasteiger partial charge on any atom is 0.245 e. The van der Waals surface area contributed by atoms with Crippen LogP contribution in [0.1, 0.15) is 91.4 Å². The highest BCUT2D eigenvalue weighted by atomic mass is 16.5. The van der Waals surface area contributed by atoms with Gasteiger partial charge in [0.15, 0.2) is 5.78 Å². The summed E-state index contributed by atoms with van der Waals surface area (Å²) in [5.74, 6) is -1.89. The number of hydrogen-bond acceptors (Lipinski definition) is 8. The van der Waals surface area contributed by atoms with Crippen LogP contribution in [0.2, 0.25) is 0 Å². The van der Waals surface area contributed by atoms with Crippen molar-refractivity contribution in [3.05, 3.63) is 35.9 Å². The summed E-state index contributed by atoms with van der Waals surface area (Å²) in [6, 6.07) is 6.13. The summed E-state index contributed by atoms with van der Waals surface area (Å²) in [7, 11) is 8.53. The van der Waals surface area contributed by atoms with E-state index in [-0.39, 0.29) is 59.6 Å². The molecule has 9 atom stereocenters. The lowest BCUT2D eigenvalue weighted by Gasteiger charge is -2.41. The number of benzene rings is 1. The van der Waals surface area contributed by atoms with Crippen molar-refractivity contribution in [3.8, 4) is 0 Å². The first-order valence-corrected chi connectivity index (χ1v) is 18.9. The van der Waals surface area contributed by atoms with Crippen molar-refractivity contribution in [2.45, 2.75) is 123 Å². The molecule has 0 aromatic heterocycles. The van der Waals surface area contributed by atoms with Crippen LogP contribution in [0.15, 0.2) is 30.3 Å². The molecular formula is C40H67N5O7. The fourth-order valence-electron chi connectivity index (χ4n) is 7.67. The van der Waals surface area contributed by atoms with Gasteiger partial charge in [-0.25, -0.2) is 0 Å². The topological polar surface area (TPSA) is 138 Å². The van der Waals surface area contributed by atoms with E-state index in [0.717, 1.165) is 12.8 Å². The van der Waals surface area contributed by atoms with Gasteiger partial charge in [0.1, 0.15) is 6.04 Å². The van der Waals surface area contributed by atoms with E-state index >= 15 is 0 Å². The molecule has 0 spiro atoms. The van der Waals surface area contributed by atoms with Crippen molar-refractivity contribution >= 4 is 29.4 Å². The van der Waals surface area contributed by atoms with Crippen LogP contribution >= 0.6 is 0 Å². The Morgan fingerprint density at radius 1 is 0.865 bits per heavy atom. The predicted molar refractivity (Wildman–Crippen MR) is 204 cm³/mol. The number of methoxy groups -OCH3 is 2. The first-order valence-electron chi connectivity index (χ1n) is 18.9. The van der Waals surface area contributed by atoms with Gasteiger partial charge in [-0.05, 0) is 51.6 Å². The van der Waals surface area contributed by atoms with Crippen LogP contribution in [0.25, 0.3) is 0 Å². The summed E-state index contributed by atoms with van der Waals surface area (Å²) < 4.78 is 11.9. The molecule has 294 valence electrons. The van der Waals surface area contributed by atoms with Gasteiger partial charge in [0.25, 0.3) is 0 Å². The molecule has 0 radical (unpaired) electrons. The van der Waals surface area contributed by atoms with Crippen molar-refractivity contribution in [1.29, 1.82) is 0 Å². The molecule has 1 heterocycles. The third kappa shape index (κ3) is 11.3. The number of nitrogens with zero attached hydrogens (tertiary/aromatic N) is 3. The molecule has 12 nitrogen and oxygen atoms in total. The Bertz CT molecular complexity index is 1310. The largest absolute Gasteiger partial charge is 0.379 e. The lowest BCUT2D eigenvalue weighted by molar-refractivity contribution is -0.148. The molecule has 2 rings (SSSR count). The van der Waals surface area contributed by atoms with Crippen LogP contribution in [0.5, 0.6) is 0 Å². The first-order chi connectivity index (χ1) is 24.4. The number of ether oxygens (including phenoxy) is 2. The summed E-state index contributed by atoms with van der Waals surface area (Å²) >= 11 is 0. The van der Waals surface area contributed by atoms with Gasteiger partial charge < -0.3 is 29.9 Å². The fraction of sp³-hybridized carbons (Fsp3) is 0.725. The average Bonchev–Trinajstić information content (AvgIpc) is 3.59. The van der Waals surface area contributed by atoms with Crippen LogP contribution in [-0.4, -0.2) is 128 Å². The van der Waals surface area contributed by atoms with Crippen LogP contribution in [-0.2, 0) is 28.7 Å². The van der Waals surface area contributed by atoms with Crippen LogP contribution < -0.4 is 10.6 Å². The van der Waals surface area contributed by atoms with Crippen molar-refractivity contribution in [1.82, 2.24) is 25.3 Å². The summed E-state index contributed by atoms with van der Waals surface area (Å²) in [4.78, 5) is 73.4. The second kappa shape index (κ2) is 20.8. The molecule has 1 aromatic carbocycles. The summed E-state index contributed by atoms with van der Waals surface area (Å²) in [6.45, 7) is 15.8. The minimum Gasteiger partial charge on any atom is -0.379 e. The van der Waals surface area contributed by atoms with Crippen molar-refractivity contribution in [2.24, 2.45) is 23.7 Å². The number of carbonyl (C=O) groups is 5. The van der Waals surface area contributed by atoms with E-state index < -0.39 is 42.3 Å². The quantitative estimate of drug-likeness (QED) is 0.192. The van der Waals surface area contributed by atoms with Gasteiger partial charge in [0.05, 0.1) is 48.7 Å². The number of rotatable bonds is 20. The number of Topliss-reactive ketones (excluding diaryl/α,β-unsaturated/α-hetero) is 1. The molecule has 52 heavy (non-hydrogen) atoms. The smallest absolute Gasteiger partial charge is 0.245 e. The molecule has 1 aliphatic heterocycles. The monoisotopic (exact) mass is 730 g/mol. The Labute approximate surface area is 312 Å². The SMILES string of the molecule is CCC(C)C(C(CC(=O)N1CCCC1C(OC)C(C)C(=O)NC(C)C(=O)c1ccccc1)OC)N(C)C(=O)C(NC(=O)C(C(C)C)N(C)C)C(C)C. The van der Waals surface area contributed by atoms with Gasteiger partial charge >= 0.3 is 0 Å². The van der Waals surface area contributed by atoms with Gasteiger partial charge in [0.2, 0.25) is 23.6 Å². The predicted octanol–water partition coefficient (Wildman–Crippen LogP) is 4.02. The number of ketones is 1. The van der Waals surface area contributed by atoms with Crippen LogP contribution in [0, 0.1) is 23.7 Å². The van der Waals surface area contributed by atoms with Gasteiger partial charge in [-0.3, -0.25) is 28.9 Å². The zero-order chi connectivity index (χ0) is 39.4. The fourth-order valence-corrected chi connectivity index (χ4v) is 7.67. The van der Waals surface area contributed by atoms with Crippen molar-refractivity contribution in [2.75, 3.05) is 41.9 Å². The zero-order valence-electron chi connectivity index (χ0n) is 34.0. The van der Waals surface area contributed by atoms with Gasteiger partial charge in [-0.15, -0.1) is 0 Å². The Hall–Kier alpha value is -3.35. The Balaban J connectivity index is 2.26. The van der Waals surface area contributed by atoms with E-state index in [1.165, 1.54) is 7.11 Å². The second-order valence-electron chi connectivity index (χ2n) is 15.4. The standard InChI is InChI=1S/C40H67N5O7/c1-14-26(6)35(44(11)40(50)33(24(2)3)42-39(49)34(25(4)5)43(9)10)31(51-12)23-32(46)45-22-18-21-30(45)37(52-13)27(7)38(48)41-28(8)36(47)29-19-16-15-17-20-29/h15-17,19-20,24-28,30-31,33-35,37H,14,18,21-23H2,1-13H3,(H,41,48)(H,42,49). The number of amides is 4. The highest BCUT2D eigenvalue weighted by Gasteiger charge is 2.43. The molecule has 1 saturated heterocycles. The lowest BCUT2D eigenvalue weighted by Crippen LogP contribution is -2.59. The normalized spacial score (nSPS) is 19.4. The highest BCUT2D eigenvalue weighted by molar-refractivity contribution is 6.01. The number of hydrogen-bond donors (Lipinski definition) is 2. The lowest BCUT2D eigenvalue weighted by atomic mass is 9.89. The Kier molecular flexibility index (Phi) is 17.9. The van der Waals surface area contributed by atoms with Crippen molar-refractivity contribution < 1.29 is 33.4 Å². The third-order valence-electron chi connectivity index (χ3n) is 10.8. The summed E-state index contributed by atoms with van der Waals surface area (Å²) in [6.07, 6.45) is 0.935. The van der Waals surface area contributed by atoms with Crippen LogP contribution in [0.3, 0.4) is 0 Å². The van der Waals surface area contributed by atoms with Gasteiger partial charge in [0, 0.05) is 33.4 Å². The molecule has 9 unspecified atom stereocenters. The van der Waals surface area contributed by atoms with E-state index in [1.54, 1.807) is 62.1 Å². The van der Waals surface area contributed by atoms with E-state index in [2.05, 4.69) is 10.6 Å². The maximum absolute atomic E-state index is 14.2. The van der Waals surface area contributed by atoms with Crippen molar-refractivity contribution in [3.63, 3.8) is 0 Å². The molecule has 1 aromatic rings. The number of likely N-dealkylation sites (N-methyl/N-ethyl adjacent to an activating group) is 2. The number of carbonyl (C=O) groups excluding carboxylic acids is 5. The molecule has 0 saturated carbocycles. The van der Waals surface area contributed by atoms with Gasteiger partial charge in [-0.2, -0.15) is 0 Å². The highest BCUT2D eigenvalue weighted by Crippen LogP contribution is 2.30. The zero-order valence-corrected chi connectivity index (χ0v) is 34.0. The van der Waals surface area contributed by atoms with Crippen LogP contribution in [0.4, 0.5) is 0 Å². The molecular weight excluding hydrogens is 662 g/mol. The Morgan fingerprint density at radius 3 is 1.98 bits per heavy atom. The summed E-state index contributed by atoms with van der Waals surface area (Å²) in [5, 5.41) is 5.88. The second-order valence-corrected chi connectivity index (χ2v) is 15.4. The van der Waals surface area contributed by atoms with E-state index in [1.807, 2.05) is 66.6 Å². The molecule has 4 amide bonds. The number of nitrogens with one attached hydrogen (secondary N) is 2. The Morgan fingerprint density at radius 2 is 1.48 bits per heavy atom. The molecule has 1 fully saturated rings. The summed E-state index contributed by atoms with van der Waals surface area (Å²) in [5.41, 5.74) is 0.517. The molecule has 12 heteroatoms. The van der Waals surface area contributed by atoms with E-state index in [9.17, 15) is 24.0 Å². The van der Waals surface area contributed by atoms with Gasteiger partial charge in [-0.1, -0.05) is 85.2 Å². The third-order valence-corrected chi connectivity index (χ3v) is 10.8. The minimum atomic E-state index is -0.762. The molecule has 0 bridgehead atoms. The number of likely N-dealkylation sites (tertiary alicyclic amines) is 1. The minimum absolute atomic E-state index is 0.0218. The van der Waals surface area contributed by atoms with E-state index in [0.29, 0.717) is 18.5 Å². The molecule has 1 aliphatic rings. The first kappa shape index (κ1) is 44.8. The average molecular weight is 730 g/mol. The molecule has 2 N–H and O–H groups in total. The van der Waals surface area contributed by atoms with E-state index in [4.69, 9.17) is 9.47 Å².